The minimum absolute atomic E-state index is 0.233. The van der Waals surface area contributed by atoms with Gasteiger partial charge in [0.2, 0.25) is 0 Å². The number of ether oxygens (including phenoxy) is 1. The summed E-state index contributed by atoms with van der Waals surface area (Å²) < 4.78 is 20.7. The van der Waals surface area contributed by atoms with Gasteiger partial charge in [-0.25, -0.2) is 9.07 Å². The van der Waals surface area contributed by atoms with Crippen LogP contribution in [0.5, 0.6) is 0 Å². The Labute approximate surface area is 142 Å². The third-order valence-electron chi connectivity index (χ3n) is 4.53. The molecule has 2 aromatic rings. The normalized spacial score (nSPS) is 18.9. The summed E-state index contributed by atoms with van der Waals surface area (Å²) in [6.07, 6.45) is 0.233. The second kappa shape index (κ2) is 7.42. The van der Waals surface area contributed by atoms with Crippen LogP contribution in [0.15, 0.2) is 24.3 Å². The number of morpholine rings is 1. The average Bonchev–Trinajstić information content (AvgIpc) is 2.84. The van der Waals surface area contributed by atoms with Crippen LogP contribution >= 0.6 is 0 Å². The fraction of sp³-hybridized carbons (Fsp3) is 0.500. The molecule has 0 aliphatic carbocycles. The molecule has 1 aromatic carbocycles. The third-order valence-corrected chi connectivity index (χ3v) is 4.53. The van der Waals surface area contributed by atoms with Crippen LogP contribution in [0.3, 0.4) is 0 Å². The highest BCUT2D eigenvalue weighted by Gasteiger charge is 2.18. The molecule has 130 valence electrons. The smallest absolute Gasteiger partial charge is 0.123 e. The Morgan fingerprint density at radius 2 is 2.04 bits per heavy atom. The van der Waals surface area contributed by atoms with E-state index < -0.39 is 0 Å². The molecule has 0 spiro atoms. The van der Waals surface area contributed by atoms with Gasteiger partial charge < -0.3 is 15.0 Å². The van der Waals surface area contributed by atoms with E-state index in [9.17, 15) is 4.39 Å². The number of halogens is 1. The van der Waals surface area contributed by atoms with Gasteiger partial charge in [-0.3, -0.25) is 0 Å². The van der Waals surface area contributed by atoms with Gasteiger partial charge in [0.1, 0.15) is 5.82 Å². The van der Waals surface area contributed by atoms with Crippen molar-refractivity contribution in [1.29, 1.82) is 0 Å². The first-order valence-electron chi connectivity index (χ1n) is 8.36. The summed E-state index contributed by atoms with van der Waals surface area (Å²) >= 11 is 0. The van der Waals surface area contributed by atoms with Crippen molar-refractivity contribution in [1.82, 2.24) is 20.0 Å². The van der Waals surface area contributed by atoms with Crippen molar-refractivity contribution in [3.63, 3.8) is 0 Å². The van der Waals surface area contributed by atoms with Crippen LogP contribution in [-0.4, -0.2) is 54.1 Å². The van der Waals surface area contributed by atoms with Crippen LogP contribution in [0.25, 0.3) is 5.69 Å². The molecule has 0 saturated carbocycles. The van der Waals surface area contributed by atoms with E-state index >= 15 is 0 Å². The van der Waals surface area contributed by atoms with Crippen molar-refractivity contribution in [2.75, 3.05) is 33.3 Å². The summed E-state index contributed by atoms with van der Waals surface area (Å²) in [7, 11) is 2.12. The van der Waals surface area contributed by atoms with Gasteiger partial charge in [0.25, 0.3) is 0 Å². The Morgan fingerprint density at radius 1 is 1.29 bits per heavy atom. The van der Waals surface area contributed by atoms with E-state index in [1.54, 1.807) is 12.1 Å². The second-order valence-corrected chi connectivity index (χ2v) is 6.42. The van der Waals surface area contributed by atoms with E-state index in [1.165, 1.54) is 17.7 Å². The lowest BCUT2D eigenvalue weighted by atomic mass is 10.2. The number of hydrogen-bond acceptors (Lipinski definition) is 4. The maximum Gasteiger partial charge on any atom is 0.123 e. The predicted octanol–water partition coefficient (Wildman–Crippen LogP) is 2.05. The third kappa shape index (κ3) is 3.83. The Hall–Kier alpha value is -1.76. The van der Waals surface area contributed by atoms with Crippen molar-refractivity contribution in [2.45, 2.75) is 26.5 Å². The van der Waals surface area contributed by atoms with Crippen molar-refractivity contribution in [3.05, 3.63) is 47.0 Å². The number of hydrogen-bond donors (Lipinski definition) is 1. The maximum absolute atomic E-state index is 13.1. The summed E-state index contributed by atoms with van der Waals surface area (Å²) in [6.45, 7) is 8.38. The zero-order valence-electron chi connectivity index (χ0n) is 14.6. The van der Waals surface area contributed by atoms with E-state index in [2.05, 4.69) is 22.4 Å². The van der Waals surface area contributed by atoms with Crippen molar-refractivity contribution < 1.29 is 9.13 Å². The molecule has 1 saturated heterocycles. The summed E-state index contributed by atoms with van der Waals surface area (Å²) in [5.74, 6) is -0.236. The zero-order chi connectivity index (χ0) is 17.1. The molecule has 1 N–H and O–H groups in total. The first-order chi connectivity index (χ1) is 11.5. The van der Waals surface area contributed by atoms with Gasteiger partial charge in [0.15, 0.2) is 0 Å². The van der Waals surface area contributed by atoms with Gasteiger partial charge in [-0.15, -0.1) is 0 Å². The number of benzene rings is 1. The fourth-order valence-corrected chi connectivity index (χ4v) is 3.11. The molecule has 3 rings (SSSR count). The molecule has 1 aliphatic rings. The topological polar surface area (TPSA) is 42.3 Å². The van der Waals surface area contributed by atoms with E-state index in [0.29, 0.717) is 0 Å². The van der Waals surface area contributed by atoms with Crippen molar-refractivity contribution >= 4 is 0 Å². The lowest BCUT2D eigenvalue weighted by Gasteiger charge is -2.30. The number of likely N-dealkylation sites (N-methyl/N-ethyl adjacent to an activating group) is 1. The van der Waals surface area contributed by atoms with Crippen molar-refractivity contribution in [2.24, 2.45) is 0 Å². The van der Waals surface area contributed by atoms with Crippen LogP contribution in [0.2, 0.25) is 0 Å². The van der Waals surface area contributed by atoms with E-state index in [-0.39, 0.29) is 11.9 Å². The summed E-state index contributed by atoms with van der Waals surface area (Å²) in [5.41, 5.74) is 4.13. The summed E-state index contributed by atoms with van der Waals surface area (Å²) in [5, 5.41) is 8.08. The Balaban J connectivity index is 1.65. The Bertz CT molecular complexity index is 683. The van der Waals surface area contributed by atoms with Gasteiger partial charge in [-0.05, 0) is 45.2 Å². The summed E-state index contributed by atoms with van der Waals surface area (Å²) in [6, 6.07) is 6.41. The first kappa shape index (κ1) is 17.1. The average molecular weight is 332 g/mol. The largest absolute Gasteiger partial charge is 0.374 e. The highest BCUT2D eigenvalue weighted by molar-refractivity contribution is 5.37. The quantitative estimate of drug-likeness (QED) is 0.910. The predicted molar refractivity (Wildman–Crippen MR) is 91.9 cm³/mol. The molecular weight excluding hydrogens is 307 g/mol. The van der Waals surface area contributed by atoms with E-state index in [0.717, 1.165) is 49.9 Å². The Kier molecular flexibility index (Phi) is 5.28. The number of aryl methyl sites for hydroxylation is 1. The molecule has 1 aliphatic heterocycles. The molecule has 6 heteroatoms. The van der Waals surface area contributed by atoms with Crippen LogP contribution in [0.4, 0.5) is 4.39 Å². The van der Waals surface area contributed by atoms with Gasteiger partial charge in [0.05, 0.1) is 24.1 Å². The lowest BCUT2D eigenvalue weighted by molar-refractivity contribution is -0.0182. The first-order valence-corrected chi connectivity index (χ1v) is 8.36. The molecule has 0 amide bonds. The Morgan fingerprint density at radius 3 is 2.75 bits per heavy atom. The molecule has 0 unspecified atom stereocenters. The summed E-state index contributed by atoms with van der Waals surface area (Å²) in [4.78, 5) is 2.29. The second-order valence-electron chi connectivity index (χ2n) is 6.42. The highest BCUT2D eigenvalue weighted by atomic mass is 19.1. The van der Waals surface area contributed by atoms with Gasteiger partial charge in [-0.2, -0.15) is 5.10 Å². The minimum Gasteiger partial charge on any atom is -0.374 e. The number of aromatic nitrogens is 2. The van der Waals surface area contributed by atoms with E-state index in [4.69, 9.17) is 4.74 Å². The number of nitrogens with one attached hydrogen (secondary N) is 1. The van der Waals surface area contributed by atoms with Crippen LogP contribution in [0.1, 0.15) is 17.0 Å². The molecule has 1 aromatic heterocycles. The van der Waals surface area contributed by atoms with Crippen LogP contribution in [0, 0.1) is 19.7 Å². The SMILES string of the molecule is Cc1nn(-c2ccc(F)cc2)c(C)c1CNC[C@H]1CN(C)CCO1. The number of nitrogens with zero attached hydrogens (tertiary/aromatic N) is 3. The molecule has 1 fully saturated rings. The standard InChI is InChI=1S/C18H25FN4O/c1-13-18(11-20-10-17-12-22(3)8-9-24-17)14(2)23(21-13)16-6-4-15(19)5-7-16/h4-7,17,20H,8-12H2,1-3H3/t17-/m0/s1. The fourth-order valence-electron chi connectivity index (χ4n) is 3.11. The molecule has 0 radical (unpaired) electrons. The van der Waals surface area contributed by atoms with Gasteiger partial charge in [-0.1, -0.05) is 0 Å². The van der Waals surface area contributed by atoms with E-state index in [1.807, 2.05) is 18.5 Å². The number of rotatable bonds is 5. The van der Waals surface area contributed by atoms with Crippen LogP contribution in [-0.2, 0) is 11.3 Å². The maximum atomic E-state index is 13.1. The van der Waals surface area contributed by atoms with Crippen molar-refractivity contribution in [3.8, 4) is 5.69 Å². The monoisotopic (exact) mass is 332 g/mol. The molecule has 0 bridgehead atoms. The molecule has 24 heavy (non-hydrogen) atoms. The molecule has 5 nitrogen and oxygen atoms in total. The van der Waals surface area contributed by atoms with Crippen LogP contribution < -0.4 is 5.32 Å². The van der Waals surface area contributed by atoms with Gasteiger partial charge in [0, 0.05) is 37.4 Å². The zero-order valence-corrected chi connectivity index (χ0v) is 14.6. The minimum atomic E-state index is -0.236. The molecule has 2 heterocycles. The lowest BCUT2D eigenvalue weighted by Crippen LogP contribution is -2.44. The molecule has 1 atom stereocenters. The van der Waals surface area contributed by atoms with Gasteiger partial charge >= 0.3 is 0 Å². The molecular formula is C18H25FN4O. The highest BCUT2D eigenvalue weighted by Crippen LogP contribution is 2.18.